The molecule has 20 heavy (non-hydrogen) atoms. The molecule has 3 heteroatoms. The largest absolute Gasteiger partial charge is 0.336 e. The van der Waals surface area contributed by atoms with Gasteiger partial charge in [-0.2, -0.15) is 0 Å². The van der Waals surface area contributed by atoms with E-state index in [1.165, 1.54) is 5.56 Å². The number of nitrogens with two attached hydrogens (primary N) is 1. The molecule has 2 atom stereocenters. The Bertz CT molecular complexity index is 391. The second-order valence-electron chi connectivity index (χ2n) is 5.64. The van der Waals surface area contributed by atoms with Gasteiger partial charge in [-0.25, -0.2) is 0 Å². The van der Waals surface area contributed by atoms with Gasteiger partial charge < -0.3 is 10.6 Å². The minimum Gasteiger partial charge on any atom is -0.336 e. The maximum atomic E-state index is 12.5. The molecule has 0 aliphatic carbocycles. The van der Waals surface area contributed by atoms with Gasteiger partial charge in [0.15, 0.2) is 0 Å². The van der Waals surface area contributed by atoms with Crippen LogP contribution in [0.3, 0.4) is 0 Å². The van der Waals surface area contributed by atoms with Gasteiger partial charge in [0, 0.05) is 19.0 Å². The lowest BCUT2D eigenvalue weighted by Gasteiger charge is -2.29. The van der Waals surface area contributed by atoms with Crippen molar-refractivity contribution in [2.45, 2.75) is 52.6 Å². The van der Waals surface area contributed by atoms with E-state index in [0.29, 0.717) is 25.4 Å². The van der Waals surface area contributed by atoms with E-state index in [1.807, 2.05) is 23.1 Å². The molecule has 2 N–H and O–H groups in total. The number of rotatable bonds is 8. The molecule has 1 amide bonds. The van der Waals surface area contributed by atoms with E-state index in [-0.39, 0.29) is 11.9 Å². The van der Waals surface area contributed by atoms with Crippen LogP contribution >= 0.6 is 0 Å². The van der Waals surface area contributed by atoms with Crippen LogP contribution in [0.25, 0.3) is 0 Å². The summed E-state index contributed by atoms with van der Waals surface area (Å²) in [4.78, 5) is 14.5. The predicted molar refractivity (Wildman–Crippen MR) is 84.2 cm³/mol. The van der Waals surface area contributed by atoms with Crippen LogP contribution in [0.2, 0.25) is 0 Å². The summed E-state index contributed by atoms with van der Waals surface area (Å²) in [5.41, 5.74) is 6.81. The van der Waals surface area contributed by atoms with Crippen LogP contribution in [0.15, 0.2) is 30.3 Å². The van der Waals surface area contributed by atoms with Crippen molar-refractivity contribution in [3.05, 3.63) is 35.9 Å². The molecule has 0 spiro atoms. The second kappa shape index (κ2) is 8.75. The highest BCUT2D eigenvalue weighted by molar-refractivity contribution is 5.76. The van der Waals surface area contributed by atoms with Gasteiger partial charge in [0.25, 0.3) is 0 Å². The number of hydrogen-bond donors (Lipinski definition) is 1. The average Bonchev–Trinajstić information content (AvgIpc) is 2.50. The first-order valence-electron chi connectivity index (χ1n) is 7.61. The Morgan fingerprint density at radius 1 is 1.25 bits per heavy atom. The minimum absolute atomic E-state index is 0.239. The lowest BCUT2D eigenvalue weighted by Crippen LogP contribution is -2.38. The minimum atomic E-state index is 0.239. The van der Waals surface area contributed by atoms with Gasteiger partial charge in [-0.3, -0.25) is 4.79 Å². The fourth-order valence-electron chi connectivity index (χ4n) is 2.12. The third-order valence-corrected chi connectivity index (χ3v) is 3.89. The number of carbonyl (C=O) groups is 1. The van der Waals surface area contributed by atoms with Gasteiger partial charge in [0.2, 0.25) is 5.91 Å². The lowest BCUT2D eigenvalue weighted by atomic mass is 10.0. The molecule has 0 aliphatic rings. The van der Waals surface area contributed by atoms with E-state index in [2.05, 4.69) is 32.9 Å². The molecule has 1 aromatic rings. The van der Waals surface area contributed by atoms with Gasteiger partial charge in [-0.15, -0.1) is 0 Å². The molecule has 112 valence electrons. The summed E-state index contributed by atoms with van der Waals surface area (Å²) in [6.45, 7) is 7.69. The van der Waals surface area contributed by atoms with Crippen molar-refractivity contribution in [1.29, 1.82) is 0 Å². The van der Waals surface area contributed by atoms with Crippen LogP contribution in [0.5, 0.6) is 0 Å². The quantitative estimate of drug-likeness (QED) is 0.792. The van der Waals surface area contributed by atoms with Crippen molar-refractivity contribution in [2.75, 3.05) is 6.54 Å². The van der Waals surface area contributed by atoms with Crippen molar-refractivity contribution in [3.8, 4) is 0 Å². The predicted octanol–water partition coefficient (Wildman–Crippen LogP) is 3.19. The first-order valence-corrected chi connectivity index (χ1v) is 7.61. The molecule has 3 nitrogen and oxygen atoms in total. The molecule has 1 rings (SSSR count). The Hall–Kier alpha value is -1.35. The molecule has 0 saturated carbocycles. The Morgan fingerprint density at radius 3 is 2.45 bits per heavy atom. The van der Waals surface area contributed by atoms with Crippen molar-refractivity contribution in [1.82, 2.24) is 4.90 Å². The maximum Gasteiger partial charge on any atom is 0.223 e. The zero-order valence-electron chi connectivity index (χ0n) is 13.0. The first-order chi connectivity index (χ1) is 9.58. The summed E-state index contributed by atoms with van der Waals surface area (Å²) in [6, 6.07) is 10.5. The zero-order chi connectivity index (χ0) is 15.0. The van der Waals surface area contributed by atoms with E-state index < -0.39 is 0 Å². The van der Waals surface area contributed by atoms with Crippen LogP contribution in [-0.4, -0.2) is 23.4 Å². The van der Waals surface area contributed by atoms with Gasteiger partial charge in [-0.1, -0.05) is 44.2 Å². The van der Waals surface area contributed by atoms with E-state index in [1.54, 1.807) is 0 Å². The molecule has 2 unspecified atom stereocenters. The van der Waals surface area contributed by atoms with Crippen LogP contribution in [0.1, 0.15) is 45.6 Å². The maximum absolute atomic E-state index is 12.5. The SMILES string of the molecule is CCC(C)N(Cc1ccccc1)C(=O)CCC(C)CN. The topological polar surface area (TPSA) is 46.3 Å². The summed E-state index contributed by atoms with van der Waals surface area (Å²) < 4.78 is 0. The zero-order valence-corrected chi connectivity index (χ0v) is 13.0. The monoisotopic (exact) mass is 276 g/mol. The fourth-order valence-corrected chi connectivity index (χ4v) is 2.12. The third kappa shape index (κ3) is 5.33. The summed E-state index contributed by atoms with van der Waals surface area (Å²) in [6.07, 6.45) is 2.44. The molecule has 1 aromatic carbocycles. The molecule has 0 bridgehead atoms. The summed E-state index contributed by atoms with van der Waals surface area (Å²) >= 11 is 0. The molecule has 0 heterocycles. The summed E-state index contributed by atoms with van der Waals surface area (Å²) in [5, 5.41) is 0. The lowest BCUT2D eigenvalue weighted by molar-refractivity contribution is -0.134. The molecular formula is C17H28N2O. The van der Waals surface area contributed by atoms with Crippen molar-refractivity contribution in [2.24, 2.45) is 11.7 Å². The van der Waals surface area contributed by atoms with Gasteiger partial charge >= 0.3 is 0 Å². The van der Waals surface area contributed by atoms with Gasteiger partial charge in [0.1, 0.15) is 0 Å². The van der Waals surface area contributed by atoms with Crippen LogP contribution < -0.4 is 5.73 Å². The Morgan fingerprint density at radius 2 is 1.90 bits per heavy atom. The van der Waals surface area contributed by atoms with Crippen molar-refractivity contribution >= 4 is 5.91 Å². The third-order valence-electron chi connectivity index (χ3n) is 3.89. The Labute approximate surface area is 123 Å². The normalized spacial score (nSPS) is 13.8. The molecular weight excluding hydrogens is 248 g/mol. The highest BCUT2D eigenvalue weighted by Crippen LogP contribution is 2.14. The van der Waals surface area contributed by atoms with Crippen molar-refractivity contribution < 1.29 is 4.79 Å². The molecule has 0 fully saturated rings. The van der Waals surface area contributed by atoms with E-state index in [0.717, 1.165) is 12.8 Å². The van der Waals surface area contributed by atoms with Gasteiger partial charge in [0.05, 0.1) is 0 Å². The summed E-state index contributed by atoms with van der Waals surface area (Å²) in [5.74, 6) is 0.651. The highest BCUT2D eigenvalue weighted by atomic mass is 16.2. The highest BCUT2D eigenvalue weighted by Gasteiger charge is 2.19. The average molecular weight is 276 g/mol. The first kappa shape index (κ1) is 16.7. The van der Waals surface area contributed by atoms with E-state index >= 15 is 0 Å². The standard InChI is InChI=1S/C17H28N2O/c1-4-15(3)19(13-16-8-6-5-7-9-16)17(20)11-10-14(2)12-18/h5-9,14-15H,4,10-13,18H2,1-3H3. The van der Waals surface area contributed by atoms with Gasteiger partial charge in [-0.05, 0) is 37.8 Å². The molecule has 0 saturated heterocycles. The number of carbonyl (C=O) groups excluding carboxylic acids is 1. The second-order valence-corrected chi connectivity index (χ2v) is 5.64. The summed E-state index contributed by atoms with van der Waals surface area (Å²) in [7, 11) is 0. The molecule has 0 radical (unpaired) electrons. The van der Waals surface area contributed by atoms with Crippen LogP contribution in [0, 0.1) is 5.92 Å². The fraction of sp³-hybridized carbons (Fsp3) is 0.588. The smallest absolute Gasteiger partial charge is 0.223 e. The van der Waals surface area contributed by atoms with Crippen molar-refractivity contribution in [3.63, 3.8) is 0 Å². The molecule has 0 aliphatic heterocycles. The Balaban J connectivity index is 2.66. The van der Waals surface area contributed by atoms with E-state index in [9.17, 15) is 4.79 Å². The number of hydrogen-bond acceptors (Lipinski definition) is 2. The van der Waals surface area contributed by atoms with Crippen LogP contribution in [0.4, 0.5) is 0 Å². The molecule has 0 aromatic heterocycles. The number of nitrogens with zero attached hydrogens (tertiary/aromatic N) is 1. The Kier molecular flexibility index (Phi) is 7.31. The van der Waals surface area contributed by atoms with Crippen LogP contribution in [-0.2, 0) is 11.3 Å². The number of benzene rings is 1. The number of amides is 1. The van der Waals surface area contributed by atoms with E-state index in [4.69, 9.17) is 5.73 Å².